The maximum atomic E-state index is 12.7. The van der Waals surface area contributed by atoms with E-state index in [1.807, 2.05) is 19.1 Å². The molecule has 0 saturated carbocycles. The Labute approximate surface area is 179 Å². The highest BCUT2D eigenvalue weighted by molar-refractivity contribution is 7.89. The van der Waals surface area contributed by atoms with Crippen LogP contribution in [0.25, 0.3) is 0 Å². The van der Waals surface area contributed by atoms with Crippen LogP contribution in [0.4, 0.5) is 5.69 Å². The zero-order chi connectivity index (χ0) is 21.9. The van der Waals surface area contributed by atoms with Crippen molar-refractivity contribution in [2.24, 2.45) is 5.92 Å². The van der Waals surface area contributed by atoms with Crippen LogP contribution in [-0.2, 0) is 10.0 Å². The summed E-state index contributed by atoms with van der Waals surface area (Å²) in [4.78, 5) is 15.2. The molecule has 1 amide bonds. The van der Waals surface area contributed by atoms with Gasteiger partial charge in [0.25, 0.3) is 5.91 Å². The van der Waals surface area contributed by atoms with Crippen LogP contribution in [0.2, 0.25) is 0 Å². The smallest absolute Gasteiger partial charge is 0.251 e. The largest absolute Gasteiger partial charge is 0.371 e. The number of amides is 1. The number of carbonyl (C=O) groups is 1. The minimum absolute atomic E-state index is 0.105. The Hall–Kier alpha value is -2.38. The number of hydrogen-bond donors (Lipinski definition) is 1. The second-order valence-electron chi connectivity index (χ2n) is 8.30. The van der Waals surface area contributed by atoms with E-state index >= 15 is 0 Å². The van der Waals surface area contributed by atoms with Crippen molar-refractivity contribution in [3.63, 3.8) is 0 Å². The molecule has 2 aromatic carbocycles. The highest BCUT2D eigenvalue weighted by Crippen LogP contribution is 2.25. The number of benzene rings is 2. The number of nitrogens with one attached hydrogen (secondary N) is 1. The van der Waals surface area contributed by atoms with Crippen LogP contribution >= 0.6 is 0 Å². The van der Waals surface area contributed by atoms with Crippen molar-refractivity contribution in [2.45, 2.75) is 37.6 Å². The summed E-state index contributed by atoms with van der Waals surface area (Å²) in [5.41, 5.74) is 2.54. The van der Waals surface area contributed by atoms with Crippen molar-refractivity contribution in [1.82, 2.24) is 9.62 Å². The summed E-state index contributed by atoms with van der Waals surface area (Å²) >= 11 is 0. The molecule has 0 aliphatic carbocycles. The summed E-state index contributed by atoms with van der Waals surface area (Å²) in [6.45, 7) is 6.38. The third-order valence-corrected chi connectivity index (χ3v) is 7.45. The zero-order valence-electron chi connectivity index (χ0n) is 18.1. The van der Waals surface area contributed by atoms with Gasteiger partial charge in [-0.2, -0.15) is 0 Å². The number of rotatable bonds is 6. The molecule has 1 heterocycles. The van der Waals surface area contributed by atoms with Crippen molar-refractivity contribution in [3.8, 4) is 0 Å². The molecule has 1 N–H and O–H groups in total. The number of hydrogen-bond acceptors (Lipinski definition) is 4. The topological polar surface area (TPSA) is 69.7 Å². The van der Waals surface area contributed by atoms with Gasteiger partial charge in [-0.3, -0.25) is 4.79 Å². The average molecular weight is 430 g/mol. The van der Waals surface area contributed by atoms with Gasteiger partial charge in [-0.05, 0) is 61.6 Å². The molecule has 3 rings (SSSR count). The molecular formula is C23H31N3O3S. The first-order chi connectivity index (χ1) is 14.2. The van der Waals surface area contributed by atoms with E-state index < -0.39 is 10.0 Å². The minimum atomic E-state index is -3.58. The Balaban J connectivity index is 1.69. The Bertz CT molecular complexity index is 987. The summed E-state index contributed by atoms with van der Waals surface area (Å²) in [6.07, 6.45) is 2.51. The lowest BCUT2D eigenvalue weighted by Gasteiger charge is -2.33. The van der Waals surface area contributed by atoms with Crippen LogP contribution in [0.3, 0.4) is 0 Å². The van der Waals surface area contributed by atoms with E-state index in [4.69, 9.17) is 0 Å². The summed E-state index contributed by atoms with van der Waals surface area (Å²) in [6, 6.07) is 14.2. The van der Waals surface area contributed by atoms with E-state index in [9.17, 15) is 13.2 Å². The summed E-state index contributed by atoms with van der Waals surface area (Å²) in [7, 11) is -0.643. The predicted octanol–water partition coefficient (Wildman–Crippen LogP) is 3.66. The van der Waals surface area contributed by atoms with Crippen LogP contribution in [0.15, 0.2) is 53.4 Å². The molecule has 0 radical (unpaired) electrons. The van der Waals surface area contributed by atoms with E-state index in [0.717, 1.165) is 23.0 Å². The van der Waals surface area contributed by atoms with Gasteiger partial charge >= 0.3 is 0 Å². The molecule has 7 heteroatoms. The molecule has 6 nitrogen and oxygen atoms in total. The van der Waals surface area contributed by atoms with Crippen LogP contribution in [0, 0.1) is 5.92 Å². The lowest BCUT2D eigenvalue weighted by molar-refractivity contribution is 0.0939. The number of piperidine rings is 1. The Morgan fingerprint density at radius 3 is 2.50 bits per heavy atom. The Kier molecular flexibility index (Phi) is 6.83. The van der Waals surface area contributed by atoms with Crippen molar-refractivity contribution < 1.29 is 13.2 Å². The van der Waals surface area contributed by atoms with Crippen molar-refractivity contribution in [2.75, 3.05) is 32.1 Å². The molecule has 0 bridgehead atoms. The molecule has 1 aliphatic rings. The van der Waals surface area contributed by atoms with E-state index in [1.165, 1.54) is 44.8 Å². The number of sulfonamides is 1. The van der Waals surface area contributed by atoms with Crippen LogP contribution < -0.4 is 10.2 Å². The minimum Gasteiger partial charge on any atom is -0.371 e. The van der Waals surface area contributed by atoms with Gasteiger partial charge < -0.3 is 10.2 Å². The summed E-state index contributed by atoms with van der Waals surface area (Å²) in [5.74, 6) is 0.413. The first kappa shape index (κ1) is 22.3. The fourth-order valence-electron chi connectivity index (χ4n) is 3.77. The first-order valence-electron chi connectivity index (χ1n) is 10.4. The Morgan fingerprint density at radius 2 is 1.87 bits per heavy atom. The van der Waals surface area contributed by atoms with E-state index in [-0.39, 0.29) is 16.8 Å². The van der Waals surface area contributed by atoms with E-state index in [0.29, 0.717) is 11.5 Å². The summed E-state index contributed by atoms with van der Waals surface area (Å²) < 4.78 is 25.8. The predicted molar refractivity (Wildman–Crippen MR) is 120 cm³/mol. The van der Waals surface area contributed by atoms with Crippen molar-refractivity contribution in [3.05, 3.63) is 59.7 Å². The molecular weight excluding hydrogens is 398 g/mol. The SMILES string of the molecule is C[C@H]1CCCN(c2ccc([C@@H](C)NC(=O)c3cccc(S(=O)(=O)N(C)C)c3)cc2)C1. The average Bonchev–Trinajstić information content (AvgIpc) is 2.73. The van der Waals surface area contributed by atoms with Crippen molar-refractivity contribution in [1.29, 1.82) is 0 Å². The van der Waals surface area contributed by atoms with Gasteiger partial charge in [0, 0.05) is 38.4 Å². The number of carbonyl (C=O) groups excluding carboxylic acids is 1. The van der Waals surface area contributed by atoms with Crippen LogP contribution in [0.5, 0.6) is 0 Å². The van der Waals surface area contributed by atoms with Gasteiger partial charge in [-0.1, -0.05) is 25.1 Å². The van der Waals surface area contributed by atoms with E-state index in [1.54, 1.807) is 12.1 Å². The molecule has 0 unspecified atom stereocenters. The van der Waals surface area contributed by atoms with Gasteiger partial charge in [0.2, 0.25) is 10.0 Å². The maximum Gasteiger partial charge on any atom is 0.251 e. The Morgan fingerprint density at radius 1 is 1.17 bits per heavy atom. The van der Waals surface area contributed by atoms with Crippen molar-refractivity contribution >= 4 is 21.6 Å². The second kappa shape index (κ2) is 9.18. The third-order valence-electron chi connectivity index (χ3n) is 5.64. The molecule has 2 aromatic rings. The zero-order valence-corrected chi connectivity index (χ0v) is 18.9. The second-order valence-corrected chi connectivity index (χ2v) is 10.4. The standard InChI is InChI=1S/C23H31N3O3S/c1-17-7-6-14-26(16-17)21-12-10-19(11-13-21)18(2)24-23(27)20-8-5-9-22(15-20)30(28,29)25(3)4/h5,8-13,15,17-18H,6-7,14,16H2,1-4H3,(H,24,27)/t17-,18+/m0/s1. The van der Waals surface area contributed by atoms with Crippen LogP contribution in [-0.4, -0.2) is 45.8 Å². The number of nitrogens with zero attached hydrogens (tertiary/aromatic N) is 2. The van der Waals surface area contributed by atoms with Gasteiger partial charge in [0.15, 0.2) is 0 Å². The third kappa shape index (κ3) is 5.02. The monoisotopic (exact) mass is 429 g/mol. The highest BCUT2D eigenvalue weighted by Gasteiger charge is 2.20. The van der Waals surface area contributed by atoms with Gasteiger partial charge in [-0.25, -0.2) is 12.7 Å². The molecule has 1 aliphatic heterocycles. The quantitative estimate of drug-likeness (QED) is 0.761. The maximum absolute atomic E-state index is 12.7. The molecule has 0 spiro atoms. The molecule has 162 valence electrons. The molecule has 1 fully saturated rings. The molecule has 0 aromatic heterocycles. The fourth-order valence-corrected chi connectivity index (χ4v) is 4.72. The van der Waals surface area contributed by atoms with Gasteiger partial charge in [0.05, 0.1) is 10.9 Å². The molecule has 30 heavy (non-hydrogen) atoms. The normalized spacial score (nSPS) is 18.3. The first-order valence-corrected chi connectivity index (χ1v) is 11.8. The lowest BCUT2D eigenvalue weighted by Crippen LogP contribution is -2.34. The van der Waals surface area contributed by atoms with Gasteiger partial charge in [0.1, 0.15) is 0 Å². The summed E-state index contributed by atoms with van der Waals surface area (Å²) in [5, 5.41) is 2.97. The van der Waals surface area contributed by atoms with Crippen LogP contribution in [0.1, 0.15) is 48.7 Å². The fraction of sp³-hybridized carbons (Fsp3) is 0.435. The van der Waals surface area contributed by atoms with Gasteiger partial charge in [-0.15, -0.1) is 0 Å². The van der Waals surface area contributed by atoms with E-state index in [2.05, 4.69) is 29.3 Å². The number of anilines is 1. The highest BCUT2D eigenvalue weighted by atomic mass is 32.2. The lowest BCUT2D eigenvalue weighted by atomic mass is 9.99. The molecule has 2 atom stereocenters. The molecule has 1 saturated heterocycles.